The predicted molar refractivity (Wildman–Crippen MR) is 219 cm³/mol. The van der Waals surface area contributed by atoms with Gasteiger partial charge in [-0.15, -0.1) is 0 Å². The molecule has 0 aromatic heterocycles. The molecule has 0 aromatic carbocycles. The number of carbonyl (C=O) groups is 4. The maximum absolute atomic E-state index is 13.2. The molecule has 0 aliphatic heterocycles. The topological polar surface area (TPSA) is 127 Å². The second-order valence-corrected chi connectivity index (χ2v) is 17.5. The molecule has 0 saturated heterocycles. The van der Waals surface area contributed by atoms with Crippen molar-refractivity contribution in [3.05, 3.63) is 0 Å². The van der Waals surface area contributed by atoms with E-state index in [-0.39, 0.29) is 26.1 Å². The zero-order valence-electron chi connectivity index (χ0n) is 35.4. The van der Waals surface area contributed by atoms with Crippen LogP contribution >= 0.6 is 0 Å². The van der Waals surface area contributed by atoms with Crippen LogP contribution in [0, 0.1) is 35.5 Å². The SMILES string of the molecule is CC(C)CCCCCCCCCCCCCCCOC(=O)C1CC(C(=O)O)C(C(=O)O)CC1C(=O)OCCCCCCCCCCCCCCCC(C)C. The van der Waals surface area contributed by atoms with Gasteiger partial charge in [0.05, 0.1) is 36.9 Å². The zero-order valence-corrected chi connectivity index (χ0v) is 35.4. The van der Waals surface area contributed by atoms with E-state index in [2.05, 4.69) is 27.7 Å². The molecule has 0 spiro atoms. The second kappa shape index (κ2) is 33.1. The molecule has 0 heterocycles. The van der Waals surface area contributed by atoms with Crippen molar-refractivity contribution in [3.63, 3.8) is 0 Å². The number of carboxylic acid groups (broad SMARTS) is 2. The summed E-state index contributed by atoms with van der Waals surface area (Å²) < 4.78 is 11.1. The molecule has 0 amide bonds. The van der Waals surface area contributed by atoms with Gasteiger partial charge in [-0.25, -0.2) is 0 Å². The quantitative estimate of drug-likeness (QED) is 0.0477. The molecule has 0 bridgehead atoms. The fraction of sp³-hybridized carbons (Fsp3) is 0.913. The molecule has 316 valence electrons. The summed E-state index contributed by atoms with van der Waals surface area (Å²) in [6.07, 6.45) is 33.8. The molecule has 1 rings (SSSR count). The van der Waals surface area contributed by atoms with Gasteiger partial charge in [0.2, 0.25) is 0 Å². The van der Waals surface area contributed by atoms with Crippen molar-refractivity contribution in [2.75, 3.05) is 13.2 Å². The first-order chi connectivity index (χ1) is 26.0. The third-order valence-corrected chi connectivity index (χ3v) is 11.6. The van der Waals surface area contributed by atoms with Gasteiger partial charge in [0, 0.05) is 0 Å². The average molecular weight is 765 g/mol. The van der Waals surface area contributed by atoms with Crippen LogP contribution in [0.5, 0.6) is 0 Å². The molecule has 0 aromatic rings. The van der Waals surface area contributed by atoms with E-state index in [9.17, 15) is 29.4 Å². The monoisotopic (exact) mass is 765 g/mol. The molecule has 8 nitrogen and oxygen atoms in total. The first-order valence-corrected chi connectivity index (χ1v) is 22.8. The van der Waals surface area contributed by atoms with E-state index in [1.807, 2.05) is 0 Å². The van der Waals surface area contributed by atoms with Gasteiger partial charge in [-0.05, 0) is 37.5 Å². The molecular formula is C46H84O8. The van der Waals surface area contributed by atoms with E-state index in [0.717, 1.165) is 50.4 Å². The highest BCUT2D eigenvalue weighted by Gasteiger charge is 2.50. The molecule has 4 unspecified atom stereocenters. The van der Waals surface area contributed by atoms with E-state index in [1.165, 1.54) is 128 Å². The average Bonchev–Trinajstić information content (AvgIpc) is 3.13. The Morgan fingerprint density at radius 1 is 0.389 bits per heavy atom. The summed E-state index contributed by atoms with van der Waals surface area (Å²) in [5.74, 6) is -6.66. The molecule has 2 N–H and O–H groups in total. The highest BCUT2D eigenvalue weighted by Crippen LogP contribution is 2.40. The van der Waals surface area contributed by atoms with E-state index >= 15 is 0 Å². The van der Waals surface area contributed by atoms with Gasteiger partial charge in [-0.3, -0.25) is 19.2 Å². The number of unbranched alkanes of at least 4 members (excludes halogenated alkanes) is 24. The van der Waals surface area contributed by atoms with Gasteiger partial charge < -0.3 is 19.7 Å². The van der Waals surface area contributed by atoms with E-state index in [4.69, 9.17) is 9.47 Å². The minimum absolute atomic E-state index is 0.215. The number of ether oxygens (including phenoxy) is 2. The number of aliphatic carboxylic acids is 2. The second-order valence-electron chi connectivity index (χ2n) is 17.5. The zero-order chi connectivity index (χ0) is 39.8. The number of carboxylic acids is 2. The highest BCUT2D eigenvalue weighted by atomic mass is 16.5. The largest absolute Gasteiger partial charge is 0.481 e. The van der Waals surface area contributed by atoms with Crippen LogP contribution in [-0.2, 0) is 28.7 Å². The number of hydrogen-bond donors (Lipinski definition) is 2. The Kier molecular flexibility index (Phi) is 30.5. The molecule has 1 saturated carbocycles. The van der Waals surface area contributed by atoms with Gasteiger partial charge in [0.15, 0.2) is 0 Å². The van der Waals surface area contributed by atoms with Crippen LogP contribution < -0.4 is 0 Å². The normalized spacial score (nSPS) is 18.6. The number of hydrogen-bond acceptors (Lipinski definition) is 6. The van der Waals surface area contributed by atoms with Crippen LogP contribution in [0.3, 0.4) is 0 Å². The van der Waals surface area contributed by atoms with Crippen LogP contribution in [0.4, 0.5) is 0 Å². The smallest absolute Gasteiger partial charge is 0.309 e. The van der Waals surface area contributed by atoms with Gasteiger partial charge in [-0.1, -0.05) is 195 Å². The fourth-order valence-electron chi connectivity index (χ4n) is 8.03. The minimum Gasteiger partial charge on any atom is -0.481 e. The Bertz CT molecular complexity index is 886. The summed E-state index contributed by atoms with van der Waals surface area (Å²) in [6, 6.07) is 0. The van der Waals surface area contributed by atoms with Crippen LogP contribution in [0.15, 0.2) is 0 Å². The lowest BCUT2D eigenvalue weighted by Crippen LogP contribution is -2.46. The Hall–Kier alpha value is -2.12. The van der Waals surface area contributed by atoms with Crippen LogP contribution in [0.25, 0.3) is 0 Å². The van der Waals surface area contributed by atoms with Crippen molar-refractivity contribution in [3.8, 4) is 0 Å². The maximum Gasteiger partial charge on any atom is 0.309 e. The summed E-state index contributed by atoms with van der Waals surface area (Å²) in [5, 5.41) is 19.5. The predicted octanol–water partition coefficient (Wildman–Crippen LogP) is 12.7. The standard InChI is InChI=1S/C46H84O8/c1-37(2)31-27-23-19-15-11-7-5-9-13-17-21-25-29-33-53-45(51)41-35-39(43(47)48)40(44(49)50)36-42(41)46(52)54-34-30-26-22-18-14-10-6-8-12-16-20-24-28-32-38(3)4/h37-42H,5-36H2,1-4H3,(H,47,48)(H,49,50). The molecule has 54 heavy (non-hydrogen) atoms. The van der Waals surface area contributed by atoms with Crippen molar-refractivity contribution >= 4 is 23.9 Å². The molecule has 1 aliphatic carbocycles. The molecule has 1 fully saturated rings. The lowest BCUT2D eigenvalue weighted by Gasteiger charge is -2.35. The summed E-state index contributed by atoms with van der Waals surface area (Å²) in [6.45, 7) is 9.61. The maximum atomic E-state index is 13.2. The van der Waals surface area contributed by atoms with Crippen molar-refractivity contribution < 1.29 is 38.9 Å². The highest BCUT2D eigenvalue weighted by molar-refractivity contribution is 5.86. The Labute approximate surface area is 331 Å². The Morgan fingerprint density at radius 3 is 0.833 bits per heavy atom. The van der Waals surface area contributed by atoms with Crippen LogP contribution in [0.2, 0.25) is 0 Å². The van der Waals surface area contributed by atoms with Crippen molar-refractivity contribution in [2.45, 2.75) is 220 Å². The third kappa shape index (κ3) is 25.9. The van der Waals surface area contributed by atoms with Gasteiger partial charge in [-0.2, -0.15) is 0 Å². The van der Waals surface area contributed by atoms with Crippen molar-refractivity contribution in [1.82, 2.24) is 0 Å². The minimum atomic E-state index is -1.27. The van der Waals surface area contributed by atoms with E-state index in [0.29, 0.717) is 12.8 Å². The fourth-order valence-corrected chi connectivity index (χ4v) is 8.03. The Balaban J connectivity index is 2.27. The van der Waals surface area contributed by atoms with E-state index in [1.54, 1.807) is 0 Å². The summed E-state index contributed by atoms with van der Waals surface area (Å²) in [7, 11) is 0. The van der Waals surface area contributed by atoms with Gasteiger partial charge in [0.25, 0.3) is 0 Å². The molecule has 0 radical (unpaired) electrons. The number of esters is 2. The summed E-state index contributed by atoms with van der Waals surface area (Å²) in [4.78, 5) is 50.3. The number of carbonyl (C=O) groups excluding carboxylic acids is 2. The first kappa shape index (κ1) is 49.9. The molecule has 1 aliphatic rings. The van der Waals surface area contributed by atoms with Crippen LogP contribution in [0.1, 0.15) is 220 Å². The molecule has 4 atom stereocenters. The van der Waals surface area contributed by atoms with E-state index < -0.39 is 47.5 Å². The summed E-state index contributed by atoms with van der Waals surface area (Å²) >= 11 is 0. The lowest BCUT2D eigenvalue weighted by molar-refractivity contribution is -0.172. The lowest BCUT2D eigenvalue weighted by atomic mass is 9.68. The summed E-state index contributed by atoms with van der Waals surface area (Å²) in [5.41, 5.74) is 0. The van der Waals surface area contributed by atoms with Gasteiger partial charge >= 0.3 is 23.9 Å². The first-order valence-electron chi connectivity index (χ1n) is 22.8. The number of rotatable bonds is 36. The molecule has 8 heteroatoms. The van der Waals surface area contributed by atoms with Crippen molar-refractivity contribution in [2.24, 2.45) is 35.5 Å². The van der Waals surface area contributed by atoms with Crippen molar-refractivity contribution in [1.29, 1.82) is 0 Å². The Morgan fingerprint density at radius 2 is 0.611 bits per heavy atom. The van der Waals surface area contributed by atoms with Gasteiger partial charge in [0.1, 0.15) is 0 Å². The molecular weight excluding hydrogens is 680 g/mol. The van der Waals surface area contributed by atoms with Crippen LogP contribution in [-0.4, -0.2) is 47.3 Å². The third-order valence-electron chi connectivity index (χ3n) is 11.6.